The van der Waals surface area contributed by atoms with E-state index in [1.165, 1.54) is 17.4 Å². The third-order valence-corrected chi connectivity index (χ3v) is 5.83. The number of benzene rings is 2. The summed E-state index contributed by atoms with van der Waals surface area (Å²) < 4.78 is 5.66. The summed E-state index contributed by atoms with van der Waals surface area (Å²) in [5.41, 5.74) is 2.15. The molecular formula is C22H23N3O2S. The third kappa shape index (κ3) is 4.07. The molecule has 28 heavy (non-hydrogen) atoms. The summed E-state index contributed by atoms with van der Waals surface area (Å²) in [6.45, 7) is 6.10. The molecule has 0 atom stereocenters. The number of para-hydroxylation sites is 2. The Kier molecular flexibility index (Phi) is 5.67. The van der Waals surface area contributed by atoms with Crippen LogP contribution in [-0.2, 0) is 4.79 Å². The number of piperazine rings is 1. The number of nitrogens with zero attached hydrogens (tertiary/aromatic N) is 3. The molecule has 144 valence electrons. The quantitative estimate of drug-likeness (QED) is 0.738. The highest BCUT2D eigenvalue weighted by Gasteiger charge is 2.28. The Labute approximate surface area is 169 Å². The van der Waals surface area contributed by atoms with E-state index in [-0.39, 0.29) is 5.91 Å². The number of aliphatic imine (C=N–C) groups is 1. The van der Waals surface area contributed by atoms with Crippen molar-refractivity contribution in [2.75, 3.05) is 37.7 Å². The molecule has 2 aliphatic rings. The number of amidine groups is 1. The molecule has 4 rings (SSSR count). The maximum atomic E-state index is 12.4. The largest absolute Gasteiger partial charge is 0.493 e. The Hall–Kier alpha value is -2.73. The lowest BCUT2D eigenvalue weighted by molar-refractivity contribution is -0.113. The van der Waals surface area contributed by atoms with Crippen molar-refractivity contribution in [3.63, 3.8) is 0 Å². The molecule has 1 amide bonds. The molecule has 0 unspecified atom stereocenters. The van der Waals surface area contributed by atoms with Gasteiger partial charge in [0.1, 0.15) is 5.75 Å². The molecule has 2 aliphatic heterocycles. The molecule has 0 aromatic heterocycles. The Balaban J connectivity index is 1.42. The first-order valence-electron chi connectivity index (χ1n) is 9.54. The minimum atomic E-state index is -0.170. The van der Waals surface area contributed by atoms with Crippen LogP contribution in [0.15, 0.2) is 64.5 Å². The van der Waals surface area contributed by atoms with Gasteiger partial charge in [-0.05, 0) is 43.0 Å². The molecule has 2 aromatic rings. The number of carbonyl (C=O) groups is 1. The van der Waals surface area contributed by atoms with Crippen molar-refractivity contribution < 1.29 is 9.53 Å². The summed E-state index contributed by atoms with van der Waals surface area (Å²) in [7, 11) is 0. The summed E-state index contributed by atoms with van der Waals surface area (Å²) in [6, 6.07) is 18.2. The smallest absolute Gasteiger partial charge is 0.286 e. The molecule has 6 heteroatoms. The van der Waals surface area contributed by atoms with Gasteiger partial charge in [0.15, 0.2) is 5.17 Å². The van der Waals surface area contributed by atoms with E-state index in [1.54, 1.807) is 0 Å². The topological polar surface area (TPSA) is 45.1 Å². The Morgan fingerprint density at radius 1 is 1.00 bits per heavy atom. The molecule has 5 nitrogen and oxygen atoms in total. The first-order valence-corrected chi connectivity index (χ1v) is 10.4. The fourth-order valence-electron chi connectivity index (χ4n) is 3.36. The highest BCUT2D eigenvalue weighted by molar-refractivity contribution is 8.18. The van der Waals surface area contributed by atoms with Crippen LogP contribution >= 0.6 is 11.8 Å². The third-order valence-electron chi connectivity index (χ3n) is 4.79. The number of hydrogen-bond donors (Lipinski definition) is 0. The fraction of sp³-hybridized carbons (Fsp3) is 0.273. The van der Waals surface area contributed by atoms with Crippen LogP contribution in [-0.4, -0.2) is 48.8 Å². The summed E-state index contributed by atoms with van der Waals surface area (Å²) in [5.74, 6) is 0.618. The maximum absolute atomic E-state index is 12.4. The molecular weight excluding hydrogens is 370 g/mol. The predicted molar refractivity (Wildman–Crippen MR) is 116 cm³/mol. The number of anilines is 1. The second-order valence-corrected chi connectivity index (χ2v) is 7.60. The van der Waals surface area contributed by atoms with Crippen LogP contribution < -0.4 is 9.64 Å². The van der Waals surface area contributed by atoms with Crippen LogP contribution in [0, 0.1) is 0 Å². The van der Waals surface area contributed by atoms with Crippen LogP contribution in [0.2, 0.25) is 0 Å². The van der Waals surface area contributed by atoms with Gasteiger partial charge < -0.3 is 14.5 Å². The van der Waals surface area contributed by atoms with Crippen molar-refractivity contribution in [3.8, 4) is 5.75 Å². The normalized spacial score (nSPS) is 18.5. The highest BCUT2D eigenvalue weighted by Crippen LogP contribution is 2.33. The highest BCUT2D eigenvalue weighted by atomic mass is 32.2. The molecule has 0 spiro atoms. The lowest BCUT2D eigenvalue weighted by Gasteiger charge is -2.36. The van der Waals surface area contributed by atoms with Crippen LogP contribution in [0.1, 0.15) is 12.5 Å². The van der Waals surface area contributed by atoms with Gasteiger partial charge in [-0.15, -0.1) is 0 Å². The SMILES string of the molecule is CCOc1ccccc1/C=C1\SC(N2CCN(c3ccccc3)CC2)=NC1=O. The summed E-state index contributed by atoms with van der Waals surface area (Å²) >= 11 is 1.46. The zero-order valence-corrected chi connectivity index (χ0v) is 16.7. The number of hydrogen-bond acceptors (Lipinski definition) is 5. The summed E-state index contributed by atoms with van der Waals surface area (Å²) in [5, 5.41) is 0.804. The number of amides is 1. The molecule has 0 N–H and O–H groups in total. The molecule has 1 saturated heterocycles. The van der Waals surface area contributed by atoms with Crippen molar-refractivity contribution in [1.29, 1.82) is 0 Å². The van der Waals surface area contributed by atoms with Crippen LogP contribution in [0.4, 0.5) is 5.69 Å². The molecule has 0 radical (unpaired) electrons. The molecule has 0 aliphatic carbocycles. The molecule has 1 fully saturated rings. The molecule has 2 heterocycles. The second kappa shape index (κ2) is 8.52. The van der Waals surface area contributed by atoms with E-state index >= 15 is 0 Å². The van der Waals surface area contributed by atoms with Crippen molar-refractivity contribution in [3.05, 3.63) is 65.1 Å². The van der Waals surface area contributed by atoms with Gasteiger partial charge in [0.25, 0.3) is 5.91 Å². The average Bonchev–Trinajstić information content (AvgIpc) is 3.11. The Morgan fingerprint density at radius 2 is 1.68 bits per heavy atom. The van der Waals surface area contributed by atoms with Crippen LogP contribution in [0.5, 0.6) is 5.75 Å². The fourth-order valence-corrected chi connectivity index (χ4v) is 4.31. The van der Waals surface area contributed by atoms with Gasteiger partial charge in [0.05, 0.1) is 11.5 Å². The van der Waals surface area contributed by atoms with E-state index < -0.39 is 0 Å². The zero-order valence-electron chi connectivity index (χ0n) is 15.9. The first-order chi connectivity index (χ1) is 13.7. The van der Waals surface area contributed by atoms with E-state index in [9.17, 15) is 4.79 Å². The maximum Gasteiger partial charge on any atom is 0.286 e. The Morgan fingerprint density at radius 3 is 2.43 bits per heavy atom. The monoisotopic (exact) mass is 393 g/mol. The van der Waals surface area contributed by atoms with Gasteiger partial charge >= 0.3 is 0 Å². The van der Waals surface area contributed by atoms with E-state index in [1.807, 2.05) is 43.3 Å². The van der Waals surface area contributed by atoms with Crippen molar-refractivity contribution in [2.24, 2.45) is 4.99 Å². The van der Waals surface area contributed by atoms with Crippen LogP contribution in [0.25, 0.3) is 6.08 Å². The predicted octanol–water partition coefficient (Wildman–Crippen LogP) is 3.88. The van der Waals surface area contributed by atoms with Gasteiger partial charge in [-0.3, -0.25) is 4.79 Å². The van der Waals surface area contributed by atoms with Crippen LogP contribution in [0.3, 0.4) is 0 Å². The second-order valence-electron chi connectivity index (χ2n) is 6.59. The van der Waals surface area contributed by atoms with Crippen molar-refractivity contribution in [2.45, 2.75) is 6.92 Å². The van der Waals surface area contributed by atoms with E-state index in [4.69, 9.17) is 4.74 Å². The van der Waals surface area contributed by atoms with Gasteiger partial charge in [-0.1, -0.05) is 36.4 Å². The lowest BCUT2D eigenvalue weighted by atomic mass is 10.2. The zero-order chi connectivity index (χ0) is 19.3. The first kappa shape index (κ1) is 18.6. The number of thioether (sulfide) groups is 1. The average molecular weight is 394 g/mol. The van der Waals surface area contributed by atoms with Gasteiger partial charge in [-0.25, -0.2) is 0 Å². The van der Waals surface area contributed by atoms with Gasteiger partial charge in [0, 0.05) is 37.4 Å². The van der Waals surface area contributed by atoms with E-state index in [2.05, 4.69) is 39.1 Å². The number of ether oxygens (including phenoxy) is 1. The number of rotatable bonds is 4. The van der Waals surface area contributed by atoms with E-state index in [0.29, 0.717) is 11.5 Å². The molecule has 2 aromatic carbocycles. The van der Waals surface area contributed by atoms with Crippen molar-refractivity contribution >= 4 is 34.6 Å². The van der Waals surface area contributed by atoms with Gasteiger partial charge in [0.2, 0.25) is 0 Å². The standard InChI is InChI=1S/C22H23N3O2S/c1-2-27-19-11-7-6-8-17(19)16-20-21(26)23-22(28-20)25-14-12-24(13-15-25)18-9-4-3-5-10-18/h3-11,16H,2,12-15H2,1H3/b20-16-. The lowest BCUT2D eigenvalue weighted by Crippen LogP contribution is -2.47. The summed E-state index contributed by atoms with van der Waals surface area (Å²) in [4.78, 5) is 22.0. The van der Waals surface area contributed by atoms with Gasteiger partial charge in [-0.2, -0.15) is 4.99 Å². The molecule has 0 saturated carbocycles. The molecule has 0 bridgehead atoms. The minimum Gasteiger partial charge on any atom is -0.493 e. The van der Waals surface area contributed by atoms with E-state index in [0.717, 1.165) is 42.7 Å². The summed E-state index contributed by atoms with van der Waals surface area (Å²) in [6.07, 6.45) is 1.88. The Bertz CT molecular complexity index is 903. The number of carbonyl (C=O) groups excluding carboxylic acids is 1. The minimum absolute atomic E-state index is 0.170. The van der Waals surface area contributed by atoms with Crippen molar-refractivity contribution in [1.82, 2.24) is 4.90 Å².